The summed E-state index contributed by atoms with van der Waals surface area (Å²) < 4.78 is 40.5. The minimum absolute atomic E-state index is 0.374. The number of hydrogen-bond donors (Lipinski definition) is 0. The zero-order valence-corrected chi connectivity index (χ0v) is 9.07. The fourth-order valence-corrected chi connectivity index (χ4v) is 1.12. The predicted octanol–water partition coefficient (Wildman–Crippen LogP) is 3.41. The van der Waals surface area contributed by atoms with E-state index in [1.54, 1.807) is 31.2 Å². The second-order valence-electron chi connectivity index (χ2n) is 3.35. The first-order valence-electron chi connectivity index (χ1n) is 4.89. The summed E-state index contributed by atoms with van der Waals surface area (Å²) in [5.74, 6) is -1.93. The third-order valence-corrected chi connectivity index (χ3v) is 2.05. The molecule has 1 aromatic rings. The number of alkyl halides is 3. The quantitative estimate of drug-likeness (QED) is 0.599. The van der Waals surface area contributed by atoms with E-state index in [1.807, 2.05) is 6.07 Å². The van der Waals surface area contributed by atoms with E-state index in [-0.39, 0.29) is 0 Å². The molecule has 0 aliphatic carbocycles. The van der Waals surface area contributed by atoms with Crippen molar-refractivity contribution < 1.29 is 22.7 Å². The van der Waals surface area contributed by atoms with Crippen molar-refractivity contribution in [3.05, 3.63) is 48.2 Å². The molecule has 5 heteroatoms. The molecule has 0 aliphatic rings. The fraction of sp³-hybridized carbons (Fsp3) is 0.250. The summed E-state index contributed by atoms with van der Waals surface area (Å²) in [7, 11) is 0. The molecule has 0 unspecified atom stereocenters. The van der Waals surface area contributed by atoms with E-state index in [2.05, 4.69) is 0 Å². The second-order valence-corrected chi connectivity index (χ2v) is 3.35. The molecule has 0 radical (unpaired) electrons. The third kappa shape index (κ3) is 4.30. The largest absolute Gasteiger partial charge is 0.493 e. The Labute approximate surface area is 96.7 Å². The highest BCUT2D eigenvalue weighted by molar-refractivity contribution is 5.94. The molecular formula is C12H11F3O2. The summed E-state index contributed by atoms with van der Waals surface area (Å²) in [6.45, 7) is 1.68. The highest BCUT2D eigenvalue weighted by atomic mass is 19.4. The van der Waals surface area contributed by atoms with Gasteiger partial charge in [-0.1, -0.05) is 30.3 Å². The third-order valence-electron chi connectivity index (χ3n) is 2.05. The van der Waals surface area contributed by atoms with Gasteiger partial charge in [0, 0.05) is 6.08 Å². The Bertz CT molecular complexity index is 396. The van der Waals surface area contributed by atoms with Crippen LogP contribution in [0.1, 0.15) is 18.6 Å². The number of carbonyl (C=O) groups is 1. The standard InChI is InChI=1S/C12H11F3O2/c1-9(10-5-3-2-4-6-10)17-8-7-11(16)12(13,14)15/h2-9H,1H3/b8-7+/t9-/m1/s1. The van der Waals surface area contributed by atoms with Crippen LogP contribution in [0.25, 0.3) is 0 Å². The number of rotatable bonds is 4. The topological polar surface area (TPSA) is 26.3 Å². The van der Waals surface area contributed by atoms with Crippen LogP contribution in [0.15, 0.2) is 42.7 Å². The van der Waals surface area contributed by atoms with Crippen molar-refractivity contribution in [3.63, 3.8) is 0 Å². The number of ether oxygens (including phenoxy) is 1. The lowest BCUT2D eigenvalue weighted by Gasteiger charge is -2.11. The average molecular weight is 244 g/mol. The number of carbonyl (C=O) groups excluding carboxylic acids is 1. The first-order valence-corrected chi connectivity index (χ1v) is 4.89. The lowest BCUT2D eigenvalue weighted by atomic mass is 10.1. The molecule has 2 nitrogen and oxygen atoms in total. The van der Waals surface area contributed by atoms with Gasteiger partial charge in [0.1, 0.15) is 6.10 Å². The Hall–Kier alpha value is -1.78. The van der Waals surface area contributed by atoms with Crippen molar-refractivity contribution in [2.24, 2.45) is 0 Å². The summed E-state index contributed by atoms with van der Waals surface area (Å²) in [6, 6.07) is 8.97. The molecule has 0 spiro atoms. The predicted molar refractivity (Wildman–Crippen MR) is 56.1 cm³/mol. The molecule has 92 valence electrons. The van der Waals surface area contributed by atoms with Crippen LogP contribution in [0.3, 0.4) is 0 Å². The summed E-state index contributed by atoms with van der Waals surface area (Å²) in [5.41, 5.74) is 0.816. The molecule has 1 aromatic carbocycles. The minimum Gasteiger partial charge on any atom is -0.493 e. The van der Waals surface area contributed by atoms with Crippen molar-refractivity contribution in [1.82, 2.24) is 0 Å². The van der Waals surface area contributed by atoms with Gasteiger partial charge < -0.3 is 4.74 Å². The molecule has 0 aliphatic heterocycles. The van der Waals surface area contributed by atoms with Gasteiger partial charge in [-0.15, -0.1) is 0 Å². The monoisotopic (exact) mass is 244 g/mol. The number of halogens is 3. The van der Waals surface area contributed by atoms with Crippen LogP contribution in [0.5, 0.6) is 0 Å². The zero-order valence-electron chi connectivity index (χ0n) is 9.07. The Morgan fingerprint density at radius 2 is 1.88 bits per heavy atom. The number of allylic oxidation sites excluding steroid dienone is 1. The van der Waals surface area contributed by atoms with E-state index in [0.29, 0.717) is 6.08 Å². The van der Waals surface area contributed by atoms with Gasteiger partial charge in [-0.2, -0.15) is 13.2 Å². The Morgan fingerprint density at radius 3 is 2.41 bits per heavy atom. The first-order chi connectivity index (χ1) is 7.91. The van der Waals surface area contributed by atoms with E-state index >= 15 is 0 Å². The maximum absolute atomic E-state index is 11.8. The molecule has 1 rings (SSSR count). The fourth-order valence-electron chi connectivity index (χ4n) is 1.12. The van der Waals surface area contributed by atoms with Crippen LogP contribution in [0.4, 0.5) is 13.2 Å². The summed E-state index contributed by atoms with van der Waals surface area (Å²) >= 11 is 0. The van der Waals surface area contributed by atoms with Crippen molar-refractivity contribution in [1.29, 1.82) is 0 Å². The highest BCUT2D eigenvalue weighted by Crippen LogP contribution is 2.18. The van der Waals surface area contributed by atoms with Crippen LogP contribution in [0.2, 0.25) is 0 Å². The molecule has 0 fully saturated rings. The molecule has 0 N–H and O–H groups in total. The zero-order chi connectivity index (χ0) is 12.9. The molecule has 0 heterocycles. The van der Waals surface area contributed by atoms with Gasteiger partial charge in [-0.05, 0) is 12.5 Å². The minimum atomic E-state index is -4.85. The normalized spacial score (nSPS) is 13.6. The van der Waals surface area contributed by atoms with Gasteiger partial charge in [0.2, 0.25) is 0 Å². The van der Waals surface area contributed by atoms with Crippen LogP contribution >= 0.6 is 0 Å². The molecule has 0 amide bonds. The molecule has 0 saturated heterocycles. The van der Waals surface area contributed by atoms with Crippen molar-refractivity contribution in [2.75, 3.05) is 0 Å². The van der Waals surface area contributed by atoms with Crippen LogP contribution in [0, 0.1) is 0 Å². The number of benzene rings is 1. The Kier molecular flexibility index (Phi) is 4.31. The van der Waals surface area contributed by atoms with Crippen LogP contribution in [-0.2, 0) is 9.53 Å². The lowest BCUT2D eigenvalue weighted by Crippen LogP contribution is -2.20. The molecule has 0 aromatic heterocycles. The first kappa shape index (κ1) is 13.3. The van der Waals surface area contributed by atoms with E-state index < -0.39 is 18.1 Å². The summed E-state index contributed by atoms with van der Waals surface area (Å²) in [4.78, 5) is 10.5. The van der Waals surface area contributed by atoms with E-state index in [4.69, 9.17) is 4.74 Å². The average Bonchev–Trinajstić information content (AvgIpc) is 2.28. The van der Waals surface area contributed by atoms with Crippen LogP contribution in [-0.4, -0.2) is 12.0 Å². The van der Waals surface area contributed by atoms with E-state index in [0.717, 1.165) is 11.8 Å². The van der Waals surface area contributed by atoms with Gasteiger partial charge in [0.05, 0.1) is 6.26 Å². The molecular weight excluding hydrogens is 233 g/mol. The Morgan fingerprint density at radius 1 is 1.29 bits per heavy atom. The second kappa shape index (κ2) is 5.52. The van der Waals surface area contributed by atoms with E-state index in [9.17, 15) is 18.0 Å². The maximum atomic E-state index is 11.8. The summed E-state index contributed by atoms with van der Waals surface area (Å²) in [5, 5.41) is 0. The lowest BCUT2D eigenvalue weighted by molar-refractivity contribution is -0.165. The van der Waals surface area contributed by atoms with Gasteiger partial charge in [0.25, 0.3) is 5.78 Å². The smallest absolute Gasteiger partial charge is 0.454 e. The van der Waals surface area contributed by atoms with E-state index in [1.165, 1.54) is 0 Å². The maximum Gasteiger partial charge on any atom is 0.454 e. The van der Waals surface area contributed by atoms with Crippen molar-refractivity contribution in [2.45, 2.75) is 19.2 Å². The molecule has 17 heavy (non-hydrogen) atoms. The molecule has 0 bridgehead atoms. The van der Waals surface area contributed by atoms with Gasteiger partial charge in [0.15, 0.2) is 0 Å². The van der Waals surface area contributed by atoms with Crippen molar-refractivity contribution in [3.8, 4) is 0 Å². The highest BCUT2D eigenvalue weighted by Gasteiger charge is 2.36. The number of hydrogen-bond acceptors (Lipinski definition) is 2. The Balaban J connectivity index is 2.52. The van der Waals surface area contributed by atoms with Gasteiger partial charge in [-0.3, -0.25) is 4.79 Å². The molecule has 1 atom stereocenters. The van der Waals surface area contributed by atoms with Crippen LogP contribution < -0.4 is 0 Å². The van der Waals surface area contributed by atoms with Crippen molar-refractivity contribution >= 4 is 5.78 Å². The van der Waals surface area contributed by atoms with Gasteiger partial charge >= 0.3 is 6.18 Å². The SMILES string of the molecule is C[C@@H](O/C=C/C(=O)C(F)(F)F)c1ccccc1. The number of ketones is 1. The van der Waals surface area contributed by atoms with Gasteiger partial charge in [-0.25, -0.2) is 0 Å². The summed E-state index contributed by atoms with van der Waals surface area (Å²) in [6.07, 6.45) is -4.11. The molecule has 0 saturated carbocycles.